The number of hydrogen-bond donors (Lipinski definition) is 1. The lowest BCUT2D eigenvalue weighted by molar-refractivity contribution is -0.0469. The Kier molecular flexibility index (Phi) is 5.34. The second-order valence-electron chi connectivity index (χ2n) is 3.76. The average Bonchev–Trinajstić information content (AvgIpc) is 2.99. The molecule has 1 saturated heterocycles. The number of nitrogens with one attached hydrogen (secondary N) is 1. The minimum absolute atomic E-state index is 0.256. The summed E-state index contributed by atoms with van der Waals surface area (Å²) in [4.78, 5) is 4.48. The summed E-state index contributed by atoms with van der Waals surface area (Å²) in [7, 11) is 1.72. The van der Waals surface area contributed by atoms with Crippen molar-refractivity contribution in [2.24, 2.45) is 0 Å². The van der Waals surface area contributed by atoms with Gasteiger partial charge in [0.25, 0.3) is 0 Å². The Hall–Kier alpha value is -0.530. The summed E-state index contributed by atoms with van der Waals surface area (Å²) in [6, 6.07) is 0. The van der Waals surface area contributed by atoms with Crippen LogP contribution in [-0.4, -0.2) is 38.5 Å². The van der Waals surface area contributed by atoms with Crippen molar-refractivity contribution in [3.63, 3.8) is 0 Å². The van der Waals surface area contributed by atoms with Gasteiger partial charge in [0.15, 0.2) is 0 Å². The molecule has 0 atom stereocenters. The standard InChI is InChI=1S/C11H18N2O3S/c1-14-4-2-3-12-7-10-13-9(8-17-10)11-15-5-6-16-11/h8,11-12H,2-7H2,1H3. The van der Waals surface area contributed by atoms with E-state index in [4.69, 9.17) is 14.2 Å². The van der Waals surface area contributed by atoms with Crippen LogP contribution < -0.4 is 5.32 Å². The lowest BCUT2D eigenvalue weighted by Gasteiger charge is -2.04. The highest BCUT2D eigenvalue weighted by molar-refractivity contribution is 7.09. The van der Waals surface area contributed by atoms with Crippen LogP contribution in [0, 0.1) is 0 Å². The molecule has 17 heavy (non-hydrogen) atoms. The minimum Gasteiger partial charge on any atom is -0.385 e. The Morgan fingerprint density at radius 2 is 2.35 bits per heavy atom. The van der Waals surface area contributed by atoms with Crippen molar-refractivity contribution in [1.82, 2.24) is 10.3 Å². The van der Waals surface area contributed by atoms with E-state index in [2.05, 4.69) is 10.3 Å². The summed E-state index contributed by atoms with van der Waals surface area (Å²) < 4.78 is 15.8. The molecule has 0 radical (unpaired) electrons. The van der Waals surface area contributed by atoms with E-state index in [1.807, 2.05) is 5.38 Å². The van der Waals surface area contributed by atoms with Gasteiger partial charge in [-0.05, 0) is 13.0 Å². The van der Waals surface area contributed by atoms with Crippen molar-refractivity contribution in [3.8, 4) is 0 Å². The Bertz CT molecular complexity index is 326. The fourth-order valence-corrected chi connectivity index (χ4v) is 2.34. The minimum atomic E-state index is -0.256. The number of aromatic nitrogens is 1. The molecule has 0 aliphatic carbocycles. The van der Waals surface area contributed by atoms with Crippen LogP contribution in [0.3, 0.4) is 0 Å². The fourth-order valence-electron chi connectivity index (χ4n) is 1.58. The third-order valence-electron chi connectivity index (χ3n) is 2.41. The number of nitrogens with zero attached hydrogens (tertiary/aromatic N) is 1. The summed E-state index contributed by atoms with van der Waals surface area (Å²) in [6.07, 6.45) is 0.761. The first-order valence-corrected chi connectivity index (χ1v) is 6.65. The molecule has 96 valence electrons. The molecule has 2 rings (SSSR count). The van der Waals surface area contributed by atoms with E-state index >= 15 is 0 Å². The van der Waals surface area contributed by atoms with Gasteiger partial charge < -0.3 is 19.5 Å². The van der Waals surface area contributed by atoms with Gasteiger partial charge in [-0.15, -0.1) is 11.3 Å². The quantitative estimate of drug-likeness (QED) is 0.747. The monoisotopic (exact) mass is 258 g/mol. The molecular formula is C11H18N2O3S. The van der Waals surface area contributed by atoms with Crippen LogP contribution in [0.1, 0.15) is 23.4 Å². The van der Waals surface area contributed by atoms with Crippen LogP contribution in [-0.2, 0) is 20.8 Å². The van der Waals surface area contributed by atoms with Crippen LogP contribution in [0.15, 0.2) is 5.38 Å². The van der Waals surface area contributed by atoms with Crippen molar-refractivity contribution in [1.29, 1.82) is 0 Å². The zero-order valence-corrected chi connectivity index (χ0v) is 10.8. The first-order chi connectivity index (χ1) is 8.40. The molecule has 1 N–H and O–H groups in total. The largest absolute Gasteiger partial charge is 0.385 e. The Labute approximate surface area is 105 Å². The van der Waals surface area contributed by atoms with Gasteiger partial charge in [-0.1, -0.05) is 0 Å². The lowest BCUT2D eigenvalue weighted by Crippen LogP contribution is -2.16. The summed E-state index contributed by atoms with van der Waals surface area (Å²) in [5.74, 6) is 0. The average molecular weight is 258 g/mol. The van der Waals surface area contributed by atoms with Crippen molar-refractivity contribution in [3.05, 3.63) is 16.1 Å². The number of thiazole rings is 1. The SMILES string of the molecule is COCCCNCc1nc(C2OCCO2)cs1. The lowest BCUT2D eigenvalue weighted by atomic mass is 10.4. The molecule has 0 saturated carbocycles. The van der Waals surface area contributed by atoms with E-state index in [0.29, 0.717) is 13.2 Å². The van der Waals surface area contributed by atoms with Crippen LogP contribution in [0.2, 0.25) is 0 Å². The van der Waals surface area contributed by atoms with Gasteiger partial charge in [-0.3, -0.25) is 0 Å². The van der Waals surface area contributed by atoms with E-state index in [-0.39, 0.29) is 6.29 Å². The molecule has 5 nitrogen and oxygen atoms in total. The van der Waals surface area contributed by atoms with Crippen molar-refractivity contribution in [2.75, 3.05) is 33.5 Å². The third-order valence-corrected chi connectivity index (χ3v) is 3.28. The summed E-state index contributed by atoms with van der Waals surface area (Å²) in [5.41, 5.74) is 0.890. The summed E-state index contributed by atoms with van der Waals surface area (Å²) >= 11 is 1.64. The van der Waals surface area contributed by atoms with E-state index < -0.39 is 0 Å². The van der Waals surface area contributed by atoms with E-state index in [1.165, 1.54) is 0 Å². The van der Waals surface area contributed by atoms with Crippen LogP contribution in [0.5, 0.6) is 0 Å². The second kappa shape index (κ2) is 7.03. The Morgan fingerprint density at radius 1 is 1.53 bits per heavy atom. The van der Waals surface area contributed by atoms with Gasteiger partial charge in [0.1, 0.15) is 10.7 Å². The number of ether oxygens (including phenoxy) is 3. The molecule has 0 unspecified atom stereocenters. The van der Waals surface area contributed by atoms with Gasteiger partial charge in [0, 0.05) is 25.6 Å². The molecular weight excluding hydrogens is 240 g/mol. The molecule has 0 bridgehead atoms. The number of hydrogen-bond acceptors (Lipinski definition) is 6. The molecule has 1 aliphatic heterocycles. The first kappa shape index (κ1) is 12.9. The van der Waals surface area contributed by atoms with E-state index in [9.17, 15) is 0 Å². The van der Waals surface area contributed by atoms with E-state index in [0.717, 1.165) is 36.8 Å². The Morgan fingerprint density at radius 3 is 3.12 bits per heavy atom. The molecule has 2 heterocycles. The topological polar surface area (TPSA) is 52.6 Å². The summed E-state index contributed by atoms with van der Waals surface area (Å²) in [6.45, 7) is 3.85. The predicted molar refractivity (Wildman–Crippen MR) is 65.0 cm³/mol. The Balaban J connectivity index is 1.70. The normalized spacial score (nSPS) is 16.8. The molecule has 0 spiro atoms. The van der Waals surface area contributed by atoms with Gasteiger partial charge in [-0.2, -0.15) is 0 Å². The van der Waals surface area contributed by atoms with Crippen LogP contribution in [0.25, 0.3) is 0 Å². The number of rotatable bonds is 7. The van der Waals surface area contributed by atoms with Crippen molar-refractivity contribution in [2.45, 2.75) is 19.3 Å². The molecule has 1 aromatic heterocycles. The highest BCUT2D eigenvalue weighted by Gasteiger charge is 2.20. The van der Waals surface area contributed by atoms with Gasteiger partial charge in [0.05, 0.1) is 13.2 Å². The molecule has 0 amide bonds. The molecule has 6 heteroatoms. The second-order valence-corrected chi connectivity index (χ2v) is 4.71. The zero-order valence-electron chi connectivity index (χ0n) is 9.98. The van der Waals surface area contributed by atoms with Gasteiger partial charge in [-0.25, -0.2) is 4.98 Å². The highest BCUT2D eigenvalue weighted by Crippen LogP contribution is 2.24. The van der Waals surface area contributed by atoms with Gasteiger partial charge in [0.2, 0.25) is 6.29 Å². The predicted octanol–water partition coefficient (Wildman–Crippen LogP) is 1.31. The smallest absolute Gasteiger partial charge is 0.202 e. The molecule has 1 aromatic rings. The maximum absolute atomic E-state index is 5.39. The van der Waals surface area contributed by atoms with Crippen molar-refractivity contribution < 1.29 is 14.2 Å². The van der Waals surface area contributed by atoms with E-state index in [1.54, 1.807) is 18.4 Å². The van der Waals surface area contributed by atoms with Gasteiger partial charge >= 0.3 is 0 Å². The highest BCUT2D eigenvalue weighted by atomic mass is 32.1. The first-order valence-electron chi connectivity index (χ1n) is 5.77. The number of methoxy groups -OCH3 is 1. The fraction of sp³-hybridized carbons (Fsp3) is 0.727. The molecule has 0 aromatic carbocycles. The van der Waals surface area contributed by atoms with Crippen molar-refractivity contribution >= 4 is 11.3 Å². The zero-order chi connectivity index (χ0) is 11.9. The maximum atomic E-state index is 5.39. The molecule has 1 fully saturated rings. The molecule has 1 aliphatic rings. The van der Waals surface area contributed by atoms with Crippen LogP contribution >= 0.6 is 11.3 Å². The maximum Gasteiger partial charge on any atom is 0.202 e. The third kappa shape index (κ3) is 4.01. The summed E-state index contributed by atoms with van der Waals surface area (Å²) in [5, 5.41) is 6.40. The van der Waals surface area contributed by atoms with Crippen LogP contribution in [0.4, 0.5) is 0 Å².